The van der Waals surface area contributed by atoms with E-state index >= 15 is 0 Å². The van der Waals surface area contributed by atoms with E-state index in [9.17, 15) is 9.18 Å². The van der Waals surface area contributed by atoms with E-state index in [2.05, 4.69) is 15.5 Å². The lowest BCUT2D eigenvalue weighted by Crippen LogP contribution is -2.20. The van der Waals surface area contributed by atoms with Gasteiger partial charge in [-0.25, -0.2) is 14.8 Å². The van der Waals surface area contributed by atoms with Gasteiger partial charge in [-0.2, -0.15) is 5.10 Å². The molecule has 0 bridgehead atoms. The van der Waals surface area contributed by atoms with E-state index in [0.29, 0.717) is 22.1 Å². The maximum Gasteiger partial charge on any atom is 0.290 e. The number of carbonyl (C=O) groups is 1. The van der Waals surface area contributed by atoms with Gasteiger partial charge in [-0.05, 0) is 25.1 Å². The summed E-state index contributed by atoms with van der Waals surface area (Å²) in [5, 5.41) is 4.28. The first-order valence-corrected chi connectivity index (χ1v) is 7.16. The predicted molar refractivity (Wildman–Crippen MR) is 86.4 cm³/mol. The molecular weight excluding hydrogens is 319 g/mol. The zero-order valence-electron chi connectivity index (χ0n) is 12.1. The fourth-order valence-electron chi connectivity index (χ4n) is 2.20. The number of nitrogens with zero attached hydrogens (tertiary/aromatic N) is 3. The largest absolute Gasteiger partial charge is 0.294 e. The first-order valence-electron chi connectivity index (χ1n) is 6.78. The fourth-order valence-corrected chi connectivity index (χ4v) is 2.36. The fraction of sp³-hybridized carbons (Fsp3) is 0.0625. The molecule has 1 aromatic carbocycles. The van der Waals surface area contributed by atoms with Crippen LogP contribution in [0.2, 0.25) is 5.02 Å². The highest BCUT2D eigenvalue weighted by Crippen LogP contribution is 2.16. The summed E-state index contributed by atoms with van der Waals surface area (Å²) in [6, 6.07) is 9.56. The molecule has 2 aromatic heterocycles. The lowest BCUT2D eigenvalue weighted by molar-refractivity contribution is 0.0948. The Morgan fingerprint density at radius 3 is 2.91 bits per heavy atom. The lowest BCUT2D eigenvalue weighted by atomic mass is 10.2. The maximum absolute atomic E-state index is 13.5. The van der Waals surface area contributed by atoms with Crippen molar-refractivity contribution in [3.63, 3.8) is 0 Å². The molecule has 0 aliphatic rings. The normalized spacial score (nSPS) is 11.3. The molecule has 0 radical (unpaired) electrons. The van der Waals surface area contributed by atoms with E-state index in [0.717, 1.165) is 0 Å². The highest BCUT2D eigenvalue weighted by molar-refractivity contribution is 6.30. The van der Waals surface area contributed by atoms with E-state index in [1.54, 1.807) is 47.9 Å². The number of pyridine rings is 1. The smallest absolute Gasteiger partial charge is 0.290 e. The van der Waals surface area contributed by atoms with Crippen molar-refractivity contribution in [2.75, 3.05) is 0 Å². The second-order valence-electron chi connectivity index (χ2n) is 4.84. The average Bonchev–Trinajstić information content (AvgIpc) is 2.84. The molecule has 1 N–H and O–H groups in total. The third-order valence-corrected chi connectivity index (χ3v) is 3.47. The number of halogens is 2. The van der Waals surface area contributed by atoms with E-state index in [-0.39, 0.29) is 5.56 Å². The molecule has 0 aliphatic heterocycles. The van der Waals surface area contributed by atoms with Crippen molar-refractivity contribution in [3.8, 4) is 0 Å². The molecule has 3 rings (SSSR count). The van der Waals surface area contributed by atoms with Gasteiger partial charge in [0.15, 0.2) is 0 Å². The summed E-state index contributed by atoms with van der Waals surface area (Å²) < 4.78 is 15.1. The Labute approximate surface area is 136 Å². The first kappa shape index (κ1) is 15.2. The van der Waals surface area contributed by atoms with Crippen LogP contribution in [-0.4, -0.2) is 21.5 Å². The Hall–Kier alpha value is -2.73. The summed E-state index contributed by atoms with van der Waals surface area (Å²) in [6.45, 7) is 1.72. The lowest BCUT2D eigenvalue weighted by Gasteiger charge is -2.02. The second kappa shape index (κ2) is 6.18. The average molecular weight is 331 g/mol. The van der Waals surface area contributed by atoms with Crippen LogP contribution in [0.15, 0.2) is 47.7 Å². The number of hydrazone groups is 1. The monoisotopic (exact) mass is 330 g/mol. The number of aromatic nitrogens is 2. The maximum atomic E-state index is 13.5. The van der Waals surface area contributed by atoms with Gasteiger partial charge in [0.1, 0.15) is 17.2 Å². The summed E-state index contributed by atoms with van der Waals surface area (Å²) in [7, 11) is 0. The van der Waals surface area contributed by atoms with Crippen molar-refractivity contribution in [1.29, 1.82) is 0 Å². The van der Waals surface area contributed by atoms with Crippen LogP contribution < -0.4 is 5.43 Å². The number of fused-ring (bicyclic) bond motifs is 1. The van der Waals surface area contributed by atoms with Crippen LogP contribution in [0.1, 0.15) is 21.7 Å². The number of nitrogens with one attached hydrogen (secondary N) is 1. The van der Waals surface area contributed by atoms with Crippen LogP contribution in [0.5, 0.6) is 0 Å². The Morgan fingerprint density at radius 1 is 1.35 bits per heavy atom. The highest BCUT2D eigenvalue weighted by atomic mass is 35.5. The molecule has 116 valence electrons. The number of carbonyl (C=O) groups excluding carboxylic acids is 1. The molecule has 1 amide bonds. The Kier molecular flexibility index (Phi) is 4.08. The molecule has 0 aliphatic carbocycles. The van der Waals surface area contributed by atoms with Crippen molar-refractivity contribution < 1.29 is 9.18 Å². The van der Waals surface area contributed by atoms with Crippen LogP contribution in [-0.2, 0) is 0 Å². The van der Waals surface area contributed by atoms with E-state index < -0.39 is 11.7 Å². The Balaban J connectivity index is 1.85. The van der Waals surface area contributed by atoms with Crippen molar-refractivity contribution in [2.24, 2.45) is 5.10 Å². The van der Waals surface area contributed by atoms with Crippen LogP contribution in [0.3, 0.4) is 0 Å². The minimum Gasteiger partial charge on any atom is -0.294 e. The molecule has 0 fully saturated rings. The molecule has 7 heteroatoms. The molecule has 0 atom stereocenters. The van der Waals surface area contributed by atoms with Crippen LogP contribution in [0.4, 0.5) is 4.39 Å². The summed E-state index contributed by atoms with van der Waals surface area (Å²) in [5.41, 5.74) is 4.14. The van der Waals surface area contributed by atoms with E-state index in [4.69, 9.17) is 11.6 Å². The summed E-state index contributed by atoms with van der Waals surface area (Å²) in [6.07, 6.45) is 2.85. The van der Waals surface area contributed by atoms with Crippen LogP contribution in [0.25, 0.3) is 5.65 Å². The van der Waals surface area contributed by atoms with Gasteiger partial charge in [0, 0.05) is 11.8 Å². The first-order chi connectivity index (χ1) is 11.1. The van der Waals surface area contributed by atoms with Crippen LogP contribution in [0, 0.1) is 12.7 Å². The van der Waals surface area contributed by atoms with Crippen molar-refractivity contribution >= 4 is 29.4 Å². The zero-order valence-corrected chi connectivity index (χ0v) is 12.9. The van der Waals surface area contributed by atoms with Gasteiger partial charge >= 0.3 is 0 Å². The number of hydrogen-bond donors (Lipinski definition) is 1. The third kappa shape index (κ3) is 3.07. The second-order valence-corrected chi connectivity index (χ2v) is 5.28. The van der Waals surface area contributed by atoms with E-state index in [1.165, 1.54) is 12.3 Å². The van der Waals surface area contributed by atoms with Crippen LogP contribution >= 0.6 is 11.6 Å². The van der Waals surface area contributed by atoms with Gasteiger partial charge in [-0.15, -0.1) is 0 Å². The number of hydrogen-bond acceptors (Lipinski definition) is 3. The molecule has 0 spiro atoms. The van der Waals surface area contributed by atoms with Gasteiger partial charge < -0.3 is 0 Å². The Bertz CT molecular complexity index is 920. The van der Waals surface area contributed by atoms with Gasteiger partial charge in [-0.3, -0.25) is 9.20 Å². The number of rotatable bonds is 3. The summed E-state index contributed by atoms with van der Waals surface area (Å²) in [5.74, 6) is -0.867. The minimum absolute atomic E-state index is 0.283. The summed E-state index contributed by atoms with van der Waals surface area (Å²) in [4.78, 5) is 16.6. The van der Waals surface area contributed by atoms with Crippen molar-refractivity contribution in [3.05, 3.63) is 70.4 Å². The Morgan fingerprint density at radius 2 is 2.13 bits per heavy atom. The predicted octanol–water partition coefficient (Wildman–Crippen LogP) is 3.20. The van der Waals surface area contributed by atoms with Gasteiger partial charge in [0.25, 0.3) is 5.91 Å². The number of imidazole rings is 1. The minimum atomic E-state index is -0.454. The topological polar surface area (TPSA) is 58.8 Å². The number of amides is 1. The van der Waals surface area contributed by atoms with Gasteiger partial charge in [0.2, 0.25) is 0 Å². The molecule has 5 nitrogen and oxygen atoms in total. The number of aryl methyl sites for hydroxylation is 1. The SMILES string of the molecule is Cc1nc2ccc(Cl)cn2c1C(=O)NN=Cc1ccccc1F. The molecule has 0 saturated heterocycles. The zero-order chi connectivity index (χ0) is 16.4. The molecule has 0 saturated carbocycles. The summed E-state index contributed by atoms with van der Waals surface area (Å²) >= 11 is 5.95. The standard InChI is InChI=1S/C16H12ClFN4O/c1-10-15(22-9-12(17)6-7-14(22)20-10)16(23)21-19-8-11-4-2-3-5-13(11)18/h2-9H,1H3,(H,21,23). The molecular formula is C16H12ClFN4O. The molecule has 0 unspecified atom stereocenters. The third-order valence-electron chi connectivity index (χ3n) is 3.25. The van der Waals surface area contributed by atoms with Crippen molar-refractivity contribution in [2.45, 2.75) is 6.92 Å². The number of benzene rings is 1. The molecule has 23 heavy (non-hydrogen) atoms. The van der Waals surface area contributed by atoms with Crippen molar-refractivity contribution in [1.82, 2.24) is 14.8 Å². The van der Waals surface area contributed by atoms with Gasteiger partial charge in [-0.1, -0.05) is 29.8 Å². The molecule has 3 aromatic rings. The van der Waals surface area contributed by atoms with Gasteiger partial charge in [0.05, 0.1) is 16.9 Å². The quantitative estimate of drug-likeness (QED) is 0.592. The molecule has 2 heterocycles. The highest BCUT2D eigenvalue weighted by Gasteiger charge is 2.16. The van der Waals surface area contributed by atoms with E-state index in [1.807, 2.05) is 0 Å².